The van der Waals surface area contributed by atoms with Crippen molar-refractivity contribution < 1.29 is 4.74 Å². The minimum absolute atomic E-state index is 0.0791. The third kappa shape index (κ3) is 4.04. The molecule has 2 nitrogen and oxygen atoms in total. The van der Waals surface area contributed by atoms with E-state index in [9.17, 15) is 0 Å². The molecule has 0 amide bonds. The molecule has 112 valence electrons. The smallest absolute Gasteiger partial charge is 0.120 e. The Kier molecular flexibility index (Phi) is 5.77. The van der Waals surface area contributed by atoms with Gasteiger partial charge in [-0.15, -0.1) is 0 Å². The molecule has 1 atom stereocenters. The summed E-state index contributed by atoms with van der Waals surface area (Å²) >= 11 is 18.6. The predicted octanol–water partition coefficient (Wildman–Crippen LogP) is 5.35. The largest absolute Gasteiger partial charge is 0.497 e. The Morgan fingerprint density at radius 1 is 1.05 bits per heavy atom. The van der Waals surface area contributed by atoms with E-state index in [0.29, 0.717) is 15.1 Å². The van der Waals surface area contributed by atoms with E-state index in [1.807, 2.05) is 31.2 Å². The number of ether oxygens (including phenoxy) is 1. The molecule has 0 heterocycles. The Morgan fingerprint density at radius 3 is 2.24 bits per heavy atom. The van der Waals surface area contributed by atoms with Crippen molar-refractivity contribution in [2.45, 2.75) is 13.0 Å². The molecule has 0 saturated carbocycles. The van der Waals surface area contributed by atoms with Crippen LogP contribution in [0.25, 0.3) is 0 Å². The molecule has 0 saturated heterocycles. The molecule has 2 aromatic carbocycles. The second-order valence-electron chi connectivity index (χ2n) is 4.58. The van der Waals surface area contributed by atoms with Crippen LogP contribution in [-0.4, -0.2) is 13.7 Å². The predicted molar refractivity (Wildman–Crippen MR) is 90.0 cm³/mol. The molecule has 1 unspecified atom stereocenters. The summed E-state index contributed by atoms with van der Waals surface area (Å²) in [5, 5.41) is 5.24. The first kappa shape index (κ1) is 16.4. The van der Waals surface area contributed by atoms with Gasteiger partial charge in [-0.1, -0.05) is 47.8 Å². The van der Waals surface area contributed by atoms with E-state index in [1.54, 1.807) is 19.2 Å². The number of halogens is 3. The molecule has 0 aromatic heterocycles. The Labute approximate surface area is 140 Å². The maximum absolute atomic E-state index is 6.38. The first-order chi connectivity index (χ1) is 10.0. The molecular formula is C16H16Cl3NO. The number of rotatable bonds is 5. The van der Waals surface area contributed by atoms with Gasteiger partial charge in [0.05, 0.1) is 13.2 Å². The topological polar surface area (TPSA) is 21.3 Å². The lowest BCUT2D eigenvalue weighted by molar-refractivity contribution is 0.414. The third-order valence-electron chi connectivity index (χ3n) is 3.15. The van der Waals surface area contributed by atoms with Gasteiger partial charge in [-0.05, 0) is 48.0 Å². The highest BCUT2D eigenvalue weighted by Crippen LogP contribution is 2.33. The Hall–Kier alpha value is -0.930. The van der Waals surface area contributed by atoms with Crippen LogP contribution in [0.3, 0.4) is 0 Å². The molecule has 5 heteroatoms. The Bertz CT molecular complexity index is 611. The standard InChI is InChI=1S/C16H16Cl3NO/c1-3-20-16(10-6-11(17)8-12(18)7-10)14-5-4-13(21-2)9-15(14)19/h4-9,16,20H,3H2,1-2H3. The van der Waals surface area contributed by atoms with Gasteiger partial charge in [0.1, 0.15) is 5.75 Å². The van der Waals surface area contributed by atoms with Crippen LogP contribution < -0.4 is 10.1 Å². The lowest BCUT2D eigenvalue weighted by atomic mass is 9.98. The lowest BCUT2D eigenvalue weighted by Crippen LogP contribution is -2.22. The summed E-state index contributed by atoms with van der Waals surface area (Å²) < 4.78 is 5.19. The number of hydrogen-bond acceptors (Lipinski definition) is 2. The van der Waals surface area contributed by atoms with E-state index >= 15 is 0 Å². The van der Waals surface area contributed by atoms with E-state index in [4.69, 9.17) is 39.5 Å². The third-order valence-corrected chi connectivity index (χ3v) is 3.91. The van der Waals surface area contributed by atoms with E-state index in [0.717, 1.165) is 23.4 Å². The van der Waals surface area contributed by atoms with E-state index < -0.39 is 0 Å². The summed E-state index contributed by atoms with van der Waals surface area (Å²) in [5.74, 6) is 0.725. The van der Waals surface area contributed by atoms with Crippen molar-refractivity contribution in [3.8, 4) is 5.75 Å². The van der Waals surface area contributed by atoms with Gasteiger partial charge < -0.3 is 10.1 Å². The van der Waals surface area contributed by atoms with Crippen molar-refractivity contribution in [1.82, 2.24) is 5.32 Å². The maximum atomic E-state index is 6.38. The molecular weight excluding hydrogens is 329 g/mol. The summed E-state index contributed by atoms with van der Waals surface area (Å²) in [7, 11) is 1.61. The number of nitrogens with one attached hydrogen (secondary N) is 1. The highest BCUT2D eigenvalue weighted by atomic mass is 35.5. The molecule has 0 spiro atoms. The molecule has 0 aliphatic rings. The summed E-state index contributed by atoms with van der Waals surface area (Å²) in [6, 6.07) is 11.0. The van der Waals surface area contributed by atoms with Gasteiger partial charge >= 0.3 is 0 Å². The van der Waals surface area contributed by atoms with Crippen LogP contribution in [0.15, 0.2) is 36.4 Å². The molecule has 0 radical (unpaired) electrons. The minimum atomic E-state index is -0.0791. The summed E-state index contributed by atoms with van der Waals surface area (Å²) in [6.07, 6.45) is 0. The van der Waals surface area contributed by atoms with Crippen molar-refractivity contribution in [3.05, 3.63) is 62.6 Å². The first-order valence-corrected chi connectivity index (χ1v) is 7.71. The molecule has 0 bridgehead atoms. The van der Waals surface area contributed by atoms with Gasteiger partial charge in [0.25, 0.3) is 0 Å². The van der Waals surface area contributed by atoms with Crippen LogP contribution in [0.2, 0.25) is 15.1 Å². The molecule has 1 N–H and O–H groups in total. The fourth-order valence-corrected chi connectivity index (χ4v) is 3.04. The summed E-state index contributed by atoms with van der Waals surface area (Å²) in [5.41, 5.74) is 1.93. The average Bonchev–Trinajstić information content (AvgIpc) is 2.44. The molecule has 0 aliphatic carbocycles. The van der Waals surface area contributed by atoms with Crippen molar-refractivity contribution in [2.24, 2.45) is 0 Å². The number of benzene rings is 2. The average molecular weight is 345 g/mol. The van der Waals surface area contributed by atoms with Gasteiger partial charge in [0.15, 0.2) is 0 Å². The second kappa shape index (κ2) is 7.37. The summed E-state index contributed by atoms with van der Waals surface area (Å²) in [4.78, 5) is 0. The highest BCUT2D eigenvalue weighted by Gasteiger charge is 2.17. The summed E-state index contributed by atoms with van der Waals surface area (Å²) in [6.45, 7) is 2.83. The SMILES string of the molecule is CCNC(c1cc(Cl)cc(Cl)c1)c1ccc(OC)cc1Cl. The van der Waals surface area contributed by atoms with Crippen molar-refractivity contribution in [3.63, 3.8) is 0 Å². The minimum Gasteiger partial charge on any atom is -0.497 e. The van der Waals surface area contributed by atoms with Crippen LogP contribution in [-0.2, 0) is 0 Å². The van der Waals surface area contributed by atoms with Crippen LogP contribution >= 0.6 is 34.8 Å². The fourth-order valence-electron chi connectivity index (χ4n) is 2.22. The lowest BCUT2D eigenvalue weighted by Gasteiger charge is -2.21. The van der Waals surface area contributed by atoms with E-state index in [2.05, 4.69) is 5.32 Å². The van der Waals surface area contributed by atoms with Gasteiger partial charge in [-0.25, -0.2) is 0 Å². The van der Waals surface area contributed by atoms with Crippen LogP contribution in [0.1, 0.15) is 24.1 Å². The molecule has 0 fully saturated rings. The highest BCUT2D eigenvalue weighted by molar-refractivity contribution is 6.34. The number of hydrogen-bond donors (Lipinski definition) is 1. The van der Waals surface area contributed by atoms with Crippen LogP contribution in [0.4, 0.5) is 0 Å². The monoisotopic (exact) mass is 343 g/mol. The van der Waals surface area contributed by atoms with Gasteiger partial charge in [0.2, 0.25) is 0 Å². The van der Waals surface area contributed by atoms with Gasteiger partial charge in [-0.3, -0.25) is 0 Å². The molecule has 0 aliphatic heterocycles. The molecule has 21 heavy (non-hydrogen) atoms. The second-order valence-corrected chi connectivity index (χ2v) is 5.86. The van der Waals surface area contributed by atoms with Crippen molar-refractivity contribution >= 4 is 34.8 Å². The molecule has 2 aromatic rings. The normalized spacial score (nSPS) is 12.2. The zero-order valence-corrected chi connectivity index (χ0v) is 14.1. The van der Waals surface area contributed by atoms with Crippen LogP contribution in [0, 0.1) is 0 Å². The quantitative estimate of drug-likeness (QED) is 0.789. The van der Waals surface area contributed by atoms with Gasteiger partial charge in [-0.2, -0.15) is 0 Å². The fraction of sp³-hybridized carbons (Fsp3) is 0.250. The van der Waals surface area contributed by atoms with Crippen LogP contribution in [0.5, 0.6) is 5.75 Å². The zero-order valence-electron chi connectivity index (χ0n) is 11.8. The first-order valence-electron chi connectivity index (χ1n) is 6.58. The van der Waals surface area contributed by atoms with E-state index in [-0.39, 0.29) is 6.04 Å². The van der Waals surface area contributed by atoms with Crippen molar-refractivity contribution in [1.29, 1.82) is 0 Å². The van der Waals surface area contributed by atoms with E-state index in [1.165, 1.54) is 0 Å². The number of methoxy groups -OCH3 is 1. The Morgan fingerprint density at radius 2 is 1.71 bits per heavy atom. The Balaban J connectivity index is 2.47. The van der Waals surface area contributed by atoms with Gasteiger partial charge in [0, 0.05) is 15.1 Å². The zero-order chi connectivity index (χ0) is 15.4. The van der Waals surface area contributed by atoms with Crippen molar-refractivity contribution in [2.75, 3.05) is 13.7 Å². The molecule has 2 rings (SSSR count). The maximum Gasteiger partial charge on any atom is 0.120 e.